The van der Waals surface area contributed by atoms with Gasteiger partial charge in [-0.25, -0.2) is 4.79 Å². The number of ketones is 1. The molecule has 0 heterocycles. The fraction of sp³-hybridized carbons (Fsp3) is 0.571. The van der Waals surface area contributed by atoms with Gasteiger partial charge in [-0.3, -0.25) is 4.79 Å². The summed E-state index contributed by atoms with van der Waals surface area (Å²) in [5, 5.41) is 5.57. The summed E-state index contributed by atoms with van der Waals surface area (Å²) in [5.41, 5.74) is 0.320. The minimum absolute atomic E-state index is 0.0872. The topological polar surface area (TPSA) is 67.4 Å². The molecule has 0 radical (unpaired) electrons. The van der Waals surface area contributed by atoms with Gasteiger partial charge >= 0.3 is 6.03 Å². The van der Waals surface area contributed by atoms with Crippen LogP contribution in [0.1, 0.15) is 33.6 Å². The molecule has 2 N–H and O–H groups in total. The molecule has 0 atom stereocenters. The molecular formula is C14H22N2O3. The number of carbonyl (C=O) groups excluding carboxylic acids is 2. The van der Waals surface area contributed by atoms with Gasteiger partial charge in [0, 0.05) is 13.7 Å². The van der Waals surface area contributed by atoms with E-state index in [1.165, 1.54) is 19.3 Å². The molecule has 1 aliphatic carbocycles. The quantitative estimate of drug-likeness (QED) is 0.590. The smallest absolute Gasteiger partial charge is 0.317 e. The molecule has 0 fully saturated rings. The van der Waals surface area contributed by atoms with Crippen molar-refractivity contribution in [3.05, 3.63) is 23.3 Å². The van der Waals surface area contributed by atoms with Crippen LogP contribution >= 0.6 is 0 Å². The van der Waals surface area contributed by atoms with Gasteiger partial charge in [0.2, 0.25) is 0 Å². The summed E-state index contributed by atoms with van der Waals surface area (Å²) in [6.45, 7) is 6.21. The second kappa shape index (κ2) is 6.52. The highest BCUT2D eigenvalue weighted by Gasteiger charge is 2.38. The SMILES string of the molecule is CCCCNC(=O)NC1(OC)C(C)=CC(=O)C=C1C. The average molecular weight is 266 g/mol. The zero-order valence-electron chi connectivity index (χ0n) is 12.0. The van der Waals surface area contributed by atoms with E-state index >= 15 is 0 Å². The Labute approximate surface area is 114 Å². The monoisotopic (exact) mass is 266 g/mol. The first-order chi connectivity index (χ1) is 8.96. The molecule has 0 saturated carbocycles. The van der Waals surface area contributed by atoms with Gasteiger partial charge in [0.1, 0.15) is 0 Å². The molecule has 0 aliphatic heterocycles. The van der Waals surface area contributed by atoms with Crippen LogP contribution in [0.15, 0.2) is 23.3 Å². The van der Waals surface area contributed by atoms with Crippen molar-refractivity contribution < 1.29 is 14.3 Å². The van der Waals surface area contributed by atoms with E-state index in [1.54, 1.807) is 13.8 Å². The van der Waals surface area contributed by atoms with E-state index in [4.69, 9.17) is 4.74 Å². The maximum absolute atomic E-state index is 11.9. The Kier molecular flexibility index (Phi) is 5.30. The van der Waals surface area contributed by atoms with E-state index in [2.05, 4.69) is 17.6 Å². The normalized spacial score (nSPS) is 17.6. The number of ether oxygens (including phenoxy) is 1. The number of methoxy groups -OCH3 is 1. The summed E-state index contributed by atoms with van der Waals surface area (Å²) in [4.78, 5) is 23.3. The number of allylic oxidation sites excluding steroid dienone is 2. The maximum Gasteiger partial charge on any atom is 0.317 e. The number of rotatable bonds is 5. The molecule has 1 rings (SSSR count). The highest BCUT2D eigenvalue weighted by molar-refractivity contribution is 6.02. The summed E-state index contributed by atoms with van der Waals surface area (Å²) in [7, 11) is 1.51. The zero-order chi connectivity index (χ0) is 14.5. The lowest BCUT2D eigenvalue weighted by Crippen LogP contribution is -2.56. The van der Waals surface area contributed by atoms with Gasteiger partial charge in [-0.05, 0) is 43.6 Å². The predicted octanol–water partition coefficient (Wildman–Crippen LogP) is 1.90. The molecule has 1 aliphatic rings. The van der Waals surface area contributed by atoms with Gasteiger partial charge in [0.15, 0.2) is 11.5 Å². The van der Waals surface area contributed by atoms with Crippen LogP contribution in [0.3, 0.4) is 0 Å². The van der Waals surface area contributed by atoms with Gasteiger partial charge in [0.25, 0.3) is 0 Å². The highest BCUT2D eigenvalue weighted by Crippen LogP contribution is 2.29. The number of unbranched alkanes of at least 4 members (excludes halogenated alkanes) is 1. The van der Waals surface area contributed by atoms with Gasteiger partial charge < -0.3 is 15.4 Å². The van der Waals surface area contributed by atoms with Crippen molar-refractivity contribution >= 4 is 11.8 Å². The summed E-state index contributed by atoms with van der Waals surface area (Å²) >= 11 is 0. The number of hydrogen-bond acceptors (Lipinski definition) is 3. The fourth-order valence-electron chi connectivity index (χ4n) is 2.14. The first kappa shape index (κ1) is 15.4. The van der Waals surface area contributed by atoms with Crippen LogP contribution < -0.4 is 10.6 Å². The Bertz CT molecular complexity index is 402. The Morgan fingerprint density at radius 2 is 1.89 bits per heavy atom. The Hall–Kier alpha value is -1.62. The molecule has 5 heteroatoms. The average Bonchev–Trinajstić information content (AvgIpc) is 2.34. The van der Waals surface area contributed by atoms with E-state index in [1.807, 2.05) is 0 Å². The van der Waals surface area contributed by atoms with E-state index in [9.17, 15) is 9.59 Å². The zero-order valence-corrected chi connectivity index (χ0v) is 12.0. The lowest BCUT2D eigenvalue weighted by molar-refractivity contribution is -0.111. The summed E-state index contributed by atoms with van der Waals surface area (Å²) < 4.78 is 5.47. The van der Waals surface area contributed by atoms with Crippen molar-refractivity contribution in [2.75, 3.05) is 13.7 Å². The second-order valence-corrected chi connectivity index (χ2v) is 4.68. The van der Waals surface area contributed by atoms with Crippen LogP contribution in [0.4, 0.5) is 4.79 Å². The summed E-state index contributed by atoms with van der Waals surface area (Å²) in [5.74, 6) is -0.0872. The molecule has 2 amide bonds. The molecule has 0 aromatic rings. The number of nitrogens with one attached hydrogen (secondary N) is 2. The van der Waals surface area contributed by atoms with E-state index < -0.39 is 5.72 Å². The summed E-state index contributed by atoms with van der Waals surface area (Å²) in [6, 6.07) is -0.301. The number of urea groups is 1. The van der Waals surface area contributed by atoms with Gasteiger partial charge in [-0.2, -0.15) is 0 Å². The van der Waals surface area contributed by atoms with Crippen LogP contribution in [-0.4, -0.2) is 31.2 Å². The third-order valence-electron chi connectivity index (χ3n) is 3.24. The van der Waals surface area contributed by atoms with Crippen LogP contribution in [0, 0.1) is 0 Å². The van der Waals surface area contributed by atoms with E-state index in [-0.39, 0.29) is 11.8 Å². The third-order valence-corrected chi connectivity index (χ3v) is 3.24. The Morgan fingerprint density at radius 1 is 1.32 bits per heavy atom. The first-order valence-corrected chi connectivity index (χ1v) is 6.49. The van der Waals surface area contributed by atoms with Gasteiger partial charge in [-0.1, -0.05) is 13.3 Å². The van der Waals surface area contributed by atoms with Crippen molar-refractivity contribution in [2.45, 2.75) is 39.3 Å². The van der Waals surface area contributed by atoms with E-state index in [0.717, 1.165) is 12.8 Å². The van der Waals surface area contributed by atoms with Crippen LogP contribution in [0.2, 0.25) is 0 Å². The van der Waals surface area contributed by atoms with Crippen molar-refractivity contribution in [2.24, 2.45) is 0 Å². The standard InChI is InChI=1S/C14H22N2O3/c1-5-6-7-15-13(18)16-14(19-4)10(2)8-12(17)9-11(14)3/h8-9H,5-7H2,1-4H3,(H2,15,16,18). The minimum atomic E-state index is -1.02. The van der Waals surface area contributed by atoms with Crippen LogP contribution in [0.25, 0.3) is 0 Å². The molecule has 0 bridgehead atoms. The van der Waals surface area contributed by atoms with Crippen molar-refractivity contribution in [1.29, 1.82) is 0 Å². The third kappa shape index (κ3) is 3.44. The van der Waals surface area contributed by atoms with E-state index in [0.29, 0.717) is 17.7 Å². The molecule has 19 heavy (non-hydrogen) atoms. The molecule has 0 aromatic heterocycles. The Morgan fingerprint density at radius 3 is 2.37 bits per heavy atom. The van der Waals surface area contributed by atoms with Crippen LogP contribution in [0.5, 0.6) is 0 Å². The molecule has 0 saturated heterocycles. The van der Waals surface area contributed by atoms with Crippen LogP contribution in [-0.2, 0) is 9.53 Å². The molecule has 106 valence electrons. The second-order valence-electron chi connectivity index (χ2n) is 4.68. The van der Waals surface area contributed by atoms with Gasteiger partial charge in [0.05, 0.1) is 0 Å². The van der Waals surface area contributed by atoms with Gasteiger partial charge in [-0.15, -0.1) is 0 Å². The summed E-state index contributed by atoms with van der Waals surface area (Å²) in [6.07, 6.45) is 4.89. The fourth-order valence-corrected chi connectivity index (χ4v) is 2.14. The lowest BCUT2D eigenvalue weighted by atomic mass is 9.89. The maximum atomic E-state index is 11.9. The Balaban J connectivity index is 2.81. The molecule has 0 aromatic carbocycles. The molecule has 0 spiro atoms. The molecule has 0 unspecified atom stereocenters. The number of amides is 2. The van der Waals surface area contributed by atoms with Crippen molar-refractivity contribution in [3.8, 4) is 0 Å². The highest BCUT2D eigenvalue weighted by atomic mass is 16.5. The largest absolute Gasteiger partial charge is 0.351 e. The lowest BCUT2D eigenvalue weighted by Gasteiger charge is -2.36. The molecule has 5 nitrogen and oxygen atoms in total. The molecular weight excluding hydrogens is 244 g/mol. The minimum Gasteiger partial charge on any atom is -0.351 e. The van der Waals surface area contributed by atoms with Crippen molar-refractivity contribution in [3.63, 3.8) is 0 Å². The number of carbonyl (C=O) groups is 2. The predicted molar refractivity (Wildman–Crippen MR) is 73.7 cm³/mol. The number of hydrogen-bond donors (Lipinski definition) is 2. The van der Waals surface area contributed by atoms with Crippen molar-refractivity contribution in [1.82, 2.24) is 10.6 Å². The first-order valence-electron chi connectivity index (χ1n) is 6.49.